The molecule has 3 aromatic carbocycles. The number of benzene rings is 3. The van der Waals surface area contributed by atoms with Crippen LogP contribution in [0.3, 0.4) is 0 Å². The lowest BCUT2D eigenvalue weighted by Gasteiger charge is -2.36. The summed E-state index contributed by atoms with van der Waals surface area (Å²) in [5.74, 6) is 0.213. The molecule has 2 fully saturated rings. The fourth-order valence-electron chi connectivity index (χ4n) is 4.58. The van der Waals surface area contributed by atoms with E-state index in [0.717, 1.165) is 5.69 Å². The van der Waals surface area contributed by atoms with E-state index >= 15 is 0 Å². The average molecular weight is 557 g/mol. The molecule has 9 nitrogen and oxygen atoms in total. The van der Waals surface area contributed by atoms with Crippen LogP contribution in [0.25, 0.3) is 6.08 Å². The van der Waals surface area contributed by atoms with Crippen molar-refractivity contribution in [3.8, 4) is 11.5 Å². The number of anilines is 2. The molecule has 0 aromatic heterocycles. The summed E-state index contributed by atoms with van der Waals surface area (Å²) in [7, 11) is 0. The van der Waals surface area contributed by atoms with Crippen molar-refractivity contribution in [1.82, 2.24) is 10.2 Å². The number of carbonyl (C=O) groups is 3. The van der Waals surface area contributed by atoms with Crippen LogP contribution in [-0.2, 0) is 14.3 Å². The maximum atomic E-state index is 13.6. The van der Waals surface area contributed by atoms with Crippen molar-refractivity contribution >= 4 is 52.7 Å². The molecule has 0 bridgehead atoms. The van der Waals surface area contributed by atoms with Gasteiger partial charge in [-0.3, -0.25) is 19.8 Å². The fourth-order valence-corrected chi connectivity index (χ4v) is 4.86. The van der Waals surface area contributed by atoms with Crippen molar-refractivity contribution in [2.75, 3.05) is 42.6 Å². The third-order valence-corrected chi connectivity index (χ3v) is 6.84. The van der Waals surface area contributed by atoms with Gasteiger partial charge in [-0.25, -0.2) is 4.79 Å². The van der Waals surface area contributed by atoms with Crippen LogP contribution in [0.4, 0.5) is 16.2 Å². The van der Waals surface area contributed by atoms with Crippen LogP contribution >= 0.6 is 12.2 Å². The van der Waals surface area contributed by atoms with E-state index in [1.54, 1.807) is 42.2 Å². The Hall–Kier alpha value is -4.70. The highest BCUT2D eigenvalue weighted by atomic mass is 32.1. The summed E-state index contributed by atoms with van der Waals surface area (Å²) in [4.78, 5) is 43.7. The van der Waals surface area contributed by atoms with Gasteiger partial charge in [-0.15, -0.1) is 0 Å². The summed E-state index contributed by atoms with van der Waals surface area (Å²) < 4.78 is 11.0. The normalized spacial score (nSPS) is 16.7. The lowest BCUT2D eigenvalue weighted by Crippen LogP contribution is -2.54. The number of carbonyl (C=O) groups excluding carboxylic acids is 3. The molecular formula is C30H28N4O5S. The van der Waals surface area contributed by atoms with Crippen LogP contribution in [0.15, 0.2) is 84.4 Å². The minimum Gasteiger partial charge on any atom is -0.457 e. The van der Waals surface area contributed by atoms with Gasteiger partial charge in [0.2, 0.25) is 0 Å². The number of para-hydroxylation sites is 2. The summed E-state index contributed by atoms with van der Waals surface area (Å²) >= 11 is 5.36. The first kappa shape index (κ1) is 26.9. The number of thiocarbonyl (C=S) groups is 1. The zero-order chi connectivity index (χ0) is 28.1. The van der Waals surface area contributed by atoms with Crippen molar-refractivity contribution in [1.29, 1.82) is 0 Å². The Morgan fingerprint density at radius 3 is 2.25 bits per heavy atom. The van der Waals surface area contributed by atoms with Crippen LogP contribution in [0, 0.1) is 0 Å². The molecule has 3 aromatic rings. The van der Waals surface area contributed by atoms with Crippen LogP contribution in [-0.4, -0.2) is 60.7 Å². The van der Waals surface area contributed by atoms with Gasteiger partial charge in [0.15, 0.2) is 5.11 Å². The van der Waals surface area contributed by atoms with Crippen LogP contribution in [0.2, 0.25) is 0 Å². The van der Waals surface area contributed by atoms with Crippen LogP contribution < -0.4 is 19.9 Å². The van der Waals surface area contributed by atoms with Crippen molar-refractivity contribution in [3.05, 3.63) is 90.0 Å². The van der Waals surface area contributed by atoms with Gasteiger partial charge in [0.05, 0.1) is 12.3 Å². The Balaban J connectivity index is 1.36. The molecule has 0 saturated carbocycles. The molecule has 0 atom stereocenters. The molecule has 204 valence electrons. The van der Waals surface area contributed by atoms with E-state index < -0.39 is 11.8 Å². The second-order valence-electron chi connectivity index (χ2n) is 9.10. The average Bonchev–Trinajstić information content (AvgIpc) is 2.97. The van der Waals surface area contributed by atoms with Gasteiger partial charge in [0, 0.05) is 31.9 Å². The number of hydrogen-bond acceptors (Lipinski definition) is 7. The van der Waals surface area contributed by atoms with E-state index in [1.165, 1.54) is 4.90 Å². The number of nitrogens with one attached hydrogen (secondary N) is 1. The first-order valence-corrected chi connectivity index (χ1v) is 13.4. The number of hydrogen-bond donors (Lipinski definition) is 1. The Morgan fingerprint density at radius 1 is 0.900 bits per heavy atom. The number of ether oxygens (including phenoxy) is 2. The predicted molar refractivity (Wildman–Crippen MR) is 156 cm³/mol. The van der Waals surface area contributed by atoms with E-state index in [9.17, 15) is 14.4 Å². The molecule has 0 radical (unpaired) electrons. The lowest BCUT2D eigenvalue weighted by molar-refractivity contribution is -0.122. The smallest absolute Gasteiger partial charge is 0.409 e. The molecule has 5 rings (SSSR count). The molecule has 3 amide bonds. The number of amides is 3. The molecule has 0 unspecified atom stereocenters. The van der Waals surface area contributed by atoms with Crippen molar-refractivity contribution < 1.29 is 23.9 Å². The minimum atomic E-state index is -0.558. The maximum absolute atomic E-state index is 13.6. The zero-order valence-electron chi connectivity index (χ0n) is 21.9. The highest BCUT2D eigenvalue weighted by Crippen LogP contribution is 2.29. The molecule has 2 saturated heterocycles. The number of piperazine rings is 1. The fraction of sp³-hybridized carbons (Fsp3) is 0.200. The highest BCUT2D eigenvalue weighted by molar-refractivity contribution is 7.80. The zero-order valence-corrected chi connectivity index (χ0v) is 22.7. The second kappa shape index (κ2) is 12.0. The summed E-state index contributed by atoms with van der Waals surface area (Å²) in [6, 6.07) is 23.8. The molecule has 0 aliphatic carbocycles. The van der Waals surface area contributed by atoms with Gasteiger partial charge >= 0.3 is 6.09 Å². The molecule has 1 N–H and O–H groups in total. The van der Waals surface area contributed by atoms with Crippen LogP contribution in [0.5, 0.6) is 11.5 Å². The summed E-state index contributed by atoms with van der Waals surface area (Å²) in [5.41, 5.74) is 2.05. The lowest BCUT2D eigenvalue weighted by atomic mass is 10.0. The molecule has 10 heteroatoms. The molecule has 2 aliphatic heterocycles. The van der Waals surface area contributed by atoms with Gasteiger partial charge in [0.1, 0.15) is 17.1 Å². The highest BCUT2D eigenvalue weighted by Gasteiger charge is 2.35. The molecule has 2 aliphatic rings. The summed E-state index contributed by atoms with van der Waals surface area (Å²) in [6.45, 7) is 4.31. The monoisotopic (exact) mass is 556 g/mol. The van der Waals surface area contributed by atoms with Gasteiger partial charge < -0.3 is 19.3 Å². The van der Waals surface area contributed by atoms with E-state index in [1.807, 2.05) is 54.6 Å². The van der Waals surface area contributed by atoms with E-state index in [4.69, 9.17) is 21.7 Å². The van der Waals surface area contributed by atoms with Crippen molar-refractivity contribution in [2.24, 2.45) is 0 Å². The Bertz CT molecular complexity index is 1450. The first-order chi connectivity index (χ1) is 19.4. The van der Waals surface area contributed by atoms with E-state index in [-0.39, 0.29) is 16.8 Å². The molecule has 2 heterocycles. The van der Waals surface area contributed by atoms with E-state index in [2.05, 4.69) is 10.2 Å². The Labute approximate surface area is 237 Å². The van der Waals surface area contributed by atoms with Gasteiger partial charge in [0.25, 0.3) is 11.8 Å². The van der Waals surface area contributed by atoms with Gasteiger partial charge in [-0.1, -0.05) is 36.4 Å². The maximum Gasteiger partial charge on any atom is 0.409 e. The topological polar surface area (TPSA) is 91.4 Å². The standard InChI is InChI=1S/C30H28N4O5S/c1-2-38-30(37)33-18-16-32(17-19-33)26-11-7-6-8-21(26)20-25-27(35)31-29(40)34(28(25)36)22-12-14-24(15-13-22)39-23-9-4-3-5-10-23/h3-15,20H,2,16-19H2,1H3,(H,31,35,40). The first-order valence-electron chi connectivity index (χ1n) is 12.9. The largest absolute Gasteiger partial charge is 0.457 e. The summed E-state index contributed by atoms with van der Waals surface area (Å²) in [5, 5.41) is 2.65. The predicted octanol–water partition coefficient (Wildman–Crippen LogP) is 4.59. The quantitative estimate of drug-likeness (QED) is 0.270. The van der Waals surface area contributed by atoms with Crippen molar-refractivity contribution in [2.45, 2.75) is 6.92 Å². The van der Waals surface area contributed by atoms with Crippen molar-refractivity contribution in [3.63, 3.8) is 0 Å². The molecule has 0 spiro atoms. The van der Waals surface area contributed by atoms with Gasteiger partial charge in [-0.2, -0.15) is 0 Å². The third-order valence-electron chi connectivity index (χ3n) is 6.56. The Morgan fingerprint density at radius 2 is 1.55 bits per heavy atom. The number of rotatable bonds is 6. The minimum absolute atomic E-state index is 0.00671. The third kappa shape index (κ3) is 5.81. The molecule has 40 heavy (non-hydrogen) atoms. The summed E-state index contributed by atoms with van der Waals surface area (Å²) in [6.07, 6.45) is 1.27. The molecular weight excluding hydrogens is 528 g/mol. The second-order valence-corrected chi connectivity index (χ2v) is 9.49. The van der Waals surface area contributed by atoms with Crippen LogP contribution in [0.1, 0.15) is 12.5 Å². The number of nitrogens with zero attached hydrogens (tertiary/aromatic N) is 3. The van der Waals surface area contributed by atoms with Gasteiger partial charge in [-0.05, 0) is 73.2 Å². The Kier molecular flexibility index (Phi) is 8.07. The van der Waals surface area contributed by atoms with E-state index in [0.29, 0.717) is 55.5 Å². The SMILES string of the molecule is CCOC(=O)N1CCN(c2ccccc2C=C2C(=O)NC(=S)N(c3ccc(Oc4ccccc4)cc3)C2=O)CC1.